The topological polar surface area (TPSA) is 29.3 Å². The summed E-state index contributed by atoms with van der Waals surface area (Å²) in [6.45, 7) is 3.51. The van der Waals surface area contributed by atoms with Crippen LogP contribution in [0.2, 0.25) is 0 Å². The van der Waals surface area contributed by atoms with Crippen molar-refractivity contribution in [3.8, 4) is 0 Å². The van der Waals surface area contributed by atoms with Crippen molar-refractivity contribution in [1.82, 2.24) is 4.90 Å². The Morgan fingerprint density at radius 1 is 1.25 bits per heavy atom. The maximum absolute atomic E-state index is 6.28. The van der Waals surface area contributed by atoms with Gasteiger partial charge in [-0.15, -0.1) is 0 Å². The summed E-state index contributed by atoms with van der Waals surface area (Å²) in [6, 6.07) is 10.7. The van der Waals surface area contributed by atoms with Gasteiger partial charge in [0.2, 0.25) is 0 Å². The molecule has 0 radical (unpaired) electrons. The van der Waals surface area contributed by atoms with Crippen LogP contribution in [0, 0.1) is 5.92 Å². The molecule has 0 unspecified atom stereocenters. The largest absolute Gasteiger partial charge is 0.325 e. The van der Waals surface area contributed by atoms with Crippen molar-refractivity contribution in [3.05, 3.63) is 35.9 Å². The molecule has 1 saturated heterocycles. The van der Waals surface area contributed by atoms with Crippen LogP contribution in [0.1, 0.15) is 24.8 Å². The van der Waals surface area contributed by atoms with Crippen LogP contribution in [0.5, 0.6) is 0 Å². The van der Waals surface area contributed by atoms with Gasteiger partial charge in [0, 0.05) is 18.6 Å². The predicted octanol–water partition coefficient (Wildman–Crippen LogP) is 2.00. The number of nitrogens with two attached hydrogens (primary N) is 1. The van der Waals surface area contributed by atoms with Gasteiger partial charge in [-0.1, -0.05) is 30.3 Å². The molecule has 1 atom stereocenters. The SMILES string of the molecule is NC1([C@@H]2CCN(Cc3ccccc3)C2)CC1. The van der Waals surface area contributed by atoms with Gasteiger partial charge in [-0.25, -0.2) is 0 Å². The van der Waals surface area contributed by atoms with E-state index in [1.165, 1.54) is 37.9 Å². The Morgan fingerprint density at radius 3 is 2.69 bits per heavy atom. The molecule has 0 amide bonds. The second-order valence-corrected chi connectivity index (χ2v) is 5.44. The Bertz CT molecular complexity index is 356. The van der Waals surface area contributed by atoms with E-state index < -0.39 is 0 Å². The summed E-state index contributed by atoms with van der Waals surface area (Å²) in [6.07, 6.45) is 3.79. The maximum atomic E-state index is 6.28. The Morgan fingerprint density at radius 2 is 2.00 bits per heavy atom. The van der Waals surface area contributed by atoms with E-state index >= 15 is 0 Å². The van der Waals surface area contributed by atoms with E-state index in [0.717, 1.165) is 12.5 Å². The summed E-state index contributed by atoms with van der Waals surface area (Å²) in [4.78, 5) is 2.55. The summed E-state index contributed by atoms with van der Waals surface area (Å²) >= 11 is 0. The van der Waals surface area contributed by atoms with Crippen molar-refractivity contribution in [2.75, 3.05) is 13.1 Å². The number of benzene rings is 1. The molecule has 1 heterocycles. The van der Waals surface area contributed by atoms with Crippen LogP contribution in [0.4, 0.5) is 0 Å². The fourth-order valence-electron chi connectivity index (χ4n) is 2.84. The first-order valence-corrected chi connectivity index (χ1v) is 6.31. The van der Waals surface area contributed by atoms with Crippen molar-refractivity contribution in [2.24, 2.45) is 11.7 Å². The average Bonchev–Trinajstić information content (AvgIpc) is 2.88. The molecular weight excluding hydrogens is 196 g/mol. The van der Waals surface area contributed by atoms with Crippen LogP contribution in [0.15, 0.2) is 30.3 Å². The zero-order valence-electron chi connectivity index (χ0n) is 9.73. The standard InChI is InChI=1S/C14H20N2/c15-14(7-8-14)13-6-9-16(11-13)10-12-4-2-1-3-5-12/h1-5,13H,6-11,15H2/t13-/m1/s1. The molecular formula is C14H20N2. The fraction of sp³-hybridized carbons (Fsp3) is 0.571. The molecule has 1 aromatic rings. The van der Waals surface area contributed by atoms with Crippen molar-refractivity contribution >= 4 is 0 Å². The molecule has 2 fully saturated rings. The molecule has 86 valence electrons. The van der Waals surface area contributed by atoms with Crippen LogP contribution in [-0.2, 0) is 6.54 Å². The van der Waals surface area contributed by atoms with E-state index in [1.807, 2.05) is 0 Å². The molecule has 16 heavy (non-hydrogen) atoms. The zero-order chi connectivity index (χ0) is 11.0. The molecule has 2 heteroatoms. The highest BCUT2D eigenvalue weighted by Crippen LogP contribution is 2.43. The molecule has 2 aliphatic rings. The zero-order valence-corrected chi connectivity index (χ0v) is 9.73. The van der Waals surface area contributed by atoms with E-state index in [4.69, 9.17) is 5.73 Å². The fourth-order valence-corrected chi connectivity index (χ4v) is 2.84. The first kappa shape index (κ1) is 10.3. The third kappa shape index (κ3) is 2.00. The minimum absolute atomic E-state index is 0.214. The molecule has 2 N–H and O–H groups in total. The quantitative estimate of drug-likeness (QED) is 0.837. The Balaban J connectivity index is 1.58. The number of likely N-dealkylation sites (tertiary alicyclic amines) is 1. The minimum Gasteiger partial charge on any atom is -0.325 e. The molecule has 3 rings (SSSR count). The average molecular weight is 216 g/mol. The molecule has 0 aromatic heterocycles. The third-order valence-electron chi connectivity index (χ3n) is 4.16. The maximum Gasteiger partial charge on any atom is 0.0233 e. The molecule has 1 aliphatic carbocycles. The van der Waals surface area contributed by atoms with Gasteiger partial charge >= 0.3 is 0 Å². The van der Waals surface area contributed by atoms with Gasteiger partial charge in [0.15, 0.2) is 0 Å². The lowest BCUT2D eigenvalue weighted by Gasteiger charge is -2.19. The van der Waals surface area contributed by atoms with Gasteiger partial charge in [-0.2, -0.15) is 0 Å². The smallest absolute Gasteiger partial charge is 0.0233 e. The lowest BCUT2D eigenvalue weighted by molar-refractivity contribution is 0.301. The van der Waals surface area contributed by atoms with Crippen molar-refractivity contribution in [1.29, 1.82) is 0 Å². The van der Waals surface area contributed by atoms with Crippen LogP contribution < -0.4 is 5.73 Å². The van der Waals surface area contributed by atoms with Gasteiger partial charge in [0.05, 0.1) is 0 Å². The highest BCUT2D eigenvalue weighted by Gasteiger charge is 2.47. The summed E-state index contributed by atoms with van der Waals surface area (Å²) in [5, 5.41) is 0. The van der Waals surface area contributed by atoms with E-state index in [2.05, 4.69) is 35.2 Å². The highest BCUT2D eigenvalue weighted by molar-refractivity contribution is 5.15. The van der Waals surface area contributed by atoms with Crippen LogP contribution in [0.25, 0.3) is 0 Å². The normalized spacial score (nSPS) is 28.2. The van der Waals surface area contributed by atoms with Crippen LogP contribution in [0.3, 0.4) is 0 Å². The van der Waals surface area contributed by atoms with Gasteiger partial charge in [0.1, 0.15) is 0 Å². The van der Waals surface area contributed by atoms with Crippen molar-refractivity contribution in [2.45, 2.75) is 31.3 Å². The third-order valence-corrected chi connectivity index (χ3v) is 4.16. The molecule has 1 aromatic carbocycles. The first-order chi connectivity index (χ1) is 7.76. The predicted molar refractivity (Wildman–Crippen MR) is 66.0 cm³/mol. The molecule has 0 spiro atoms. The second-order valence-electron chi connectivity index (χ2n) is 5.44. The lowest BCUT2D eigenvalue weighted by atomic mass is 9.98. The summed E-state index contributed by atoms with van der Waals surface area (Å²) in [7, 11) is 0. The highest BCUT2D eigenvalue weighted by atomic mass is 15.2. The summed E-state index contributed by atoms with van der Waals surface area (Å²) in [5.74, 6) is 0.746. The number of hydrogen-bond donors (Lipinski definition) is 1. The van der Waals surface area contributed by atoms with E-state index in [-0.39, 0.29) is 5.54 Å². The Labute approximate surface area is 97.4 Å². The summed E-state index contributed by atoms with van der Waals surface area (Å²) in [5.41, 5.74) is 7.92. The number of nitrogens with zero attached hydrogens (tertiary/aromatic N) is 1. The monoisotopic (exact) mass is 216 g/mol. The molecule has 1 aliphatic heterocycles. The van der Waals surface area contributed by atoms with Gasteiger partial charge in [0.25, 0.3) is 0 Å². The molecule has 0 bridgehead atoms. The second kappa shape index (κ2) is 3.86. The molecule has 1 saturated carbocycles. The molecule has 2 nitrogen and oxygen atoms in total. The van der Waals surface area contributed by atoms with Crippen molar-refractivity contribution < 1.29 is 0 Å². The number of hydrogen-bond acceptors (Lipinski definition) is 2. The minimum atomic E-state index is 0.214. The van der Waals surface area contributed by atoms with Crippen molar-refractivity contribution in [3.63, 3.8) is 0 Å². The van der Waals surface area contributed by atoms with Crippen LogP contribution in [-0.4, -0.2) is 23.5 Å². The number of rotatable bonds is 3. The van der Waals surface area contributed by atoms with Gasteiger partial charge in [-0.3, -0.25) is 4.90 Å². The Kier molecular flexibility index (Phi) is 2.49. The Hall–Kier alpha value is -0.860. The van der Waals surface area contributed by atoms with Crippen LogP contribution >= 0.6 is 0 Å². The van der Waals surface area contributed by atoms with E-state index in [9.17, 15) is 0 Å². The van der Waals surface area contributed by atoms with Gasteiger partial charge < -0.3 is 5.73 Å². The first-order valence-electron chi connectivity index (χ1n) is 6.31. The lowest BCUT2D eigenvalue weighted by Crippen LogP contribution is -2.34. The van der Waals surface area contributed by atoms with E-state index in [1.54, 1.807) is 0 Å². The van der Waals surface area contributed by atoms with Gasteiger partial charge in [-0.05, 0) is 37.3 Å². The van der Waals surface area contributed by atoms with E-state index in [0.29, 0.717) is 0 Å². The summed E-state index contributed by atoms with van der Waals surface area (Å²) < 4.78 is 0.